The standard InChI is InChI=1S/C17H17N5O3S/c1-25-15-4-2-3-5-16(15)26(23,24)19-13-8-6-12(7-9-13)17-18-20-21-22(17)14-10-11-14/h2-9,14,19H,10-11H2,1H3. The molecule has 0 spiro atoms. The molecule has 1 aliphatic rings. The number of nitrogens with zero attached hydrogens (tertiary/aromatic N) is 4. The second-order valence-corrected chi connectivity index (χ2v) is 7.66. The number of hydrogen-bond acceptors (Lipinski definition) is 6. The maximum absolute atomic E-state index is 12.6. The van der Waals surface area contributed by atoms with E-state index < -0.39 is 10.0 Å². The van der Waals surface area contributed by atoms with E-state index in [1.165, 1.54) is 13.2 Å². The zero-order valence-corrected chi connectivity index (χ0v) is 14.8. The van der Waals surface area contributed by atoms with E-state index >= 15 is 0 Å². The number of para-hydroxylation sites is 1. The van der Waals surface area contributed by atoms with Crippen LogP contribution in [-0.2, 0) is 10.0 Å². The lowest BCUT2D eigenvalue weighted by Crippen LogP contribution is -2.14. The topological polar surface area (TPSA) is 99.0 Å². The van der Waals surface area contributed by atoms with Crippen molar-refractivity contribution in [3.8, 4) is 17.1 Å². The fourth-order valence-electron chi connectivity index (χ4n) is 2.69. The van der Waals surface area contributed by atoms with Crippen LogP contribution in [0.4, 0.5) is 5.69 Å². The van der Waals surface area contributed by atoms with Crippen molar-refractivity contribution >= 4 is 15.7 Å². The van der Waals surface area contributed by atoms with Gasteiger partial charge in [-0.15, -0.1) is 5.10 Å². The van der Waals surface area contributed by atoms with Crippen molar-refractivity contribution in [2.75, 3.05) is 11.8 Å². The minimum absolute atomic E-state index is 0.0873. The summed E-state index contributed by atoms with van der Waals surface area (Å²) in [6.45, 7) is 0. The van der Waals surface area contributed by atoms with Crippen LogP contribution in [0.3, 0.4) is 0 Å². The minimum Gasteiger partial charge on any atom is -0.495 e. The van der Waals surface area contributed by atoms with E-state index in [-0.39, 0.29) is 4.90 Å². The van der Waals surface area contributed by atoms with Gasteiger partial charge in [-0.05, 0) is 59.7 Å². The molecule has 4 rings (SSSR count). The zero-order valence-electron chi connectivity index (χ0n) is 14.0. The fraction of sp³-hybridized carbons (Fsp3) is 0.235. The average Bonchev–Trinajstić information content (AvgIpc) is 3.39. The predicted octanol–water partition coefficient (Wildman–Crippen LogP) is 2.48. The number of sulfonamides is 1. The van der Waals surface area contributed by atoms with Gasteiger partial charge in [0.2, 0.25) is 0 Å². The van der Waals surface area contributed by atoms with E-state index in [0.717, 1.165) is 18.4 Å². The third kappa shape index (κ3) is 3.13. The summed E-state index contributed by atoms with van der Waals surface area (Å²) in [4.78, 5) is 0.0873. The lowest BCUT2D eigenvalue weighted by atomic mass is 10.2. The highest BCUT2D eigenvalue weighted by molar-refractivity contribution is 7.92. The number of nitrogens with one attached hydrogen (secondary N) is 1. The van der Waals surface area contributed by atoms with Crippen molar-refractivity contribution in [1.82, 2.24) is 20.2 Å². The minimum atomic E-state index is -3.75. The van der Waals surface area contributed by atoms with Crippen LogP contribution in [0.15, 0.2) is 53.4 Å². The molecule has 2 aromatic carbocycles. The van der Waals surface area contributed by atoms with Gasteiger partial charge in [0, 0.05) is 11.3 Å². The first kappa shape index (κ1) is 16.5. The van der Waals surface area contributed by atoms with Gasteiger partial charge in [-0.25, -0.2) is 13.1 Å². The number of methoxy groups -OCH3 is 1. The number of rotatable bonds is 6. The summed E-state index contributed by atoms with van der Waals surface area (Å²) in [6, 6.07) is 13.8. The maximum atomic E-state index is 12.6. The maximum Gasteiger partial charge on any atom is 0.265 e. The Hall–Kier alpha value is -2.94. The number of aromatic nitrogens is 4. The van der Waals surface area contributed by atoms with Gasteiger partial charge < -0.3 is 4.74 Å². The van der Waals surface area contributed by atoms with Crippen LogP contribution in [0.2, 0.25) is 0 Å². The highest BCUT2D eigenvalue weighted by Crippen LogP contribution is 2.36. The summed E-state index contributed by atoms with van der Waals surface area (Å²) in [6.07, 6.45) is 2.16. The summed E-state index contributed by atoms with van der Waals surface area (Å²) in [5.41, 5.74) is 1.28. The van der Waals surface area contributed by atoms with Crippen molar-refractivity contribution in [1.29, 1.82) is 0 Å². The highest BCUT2D eigenvalue weighted by Gasteiger charge is 2.28. The van der Waals surface area contributed by atoms with Gasteiger partial charge in [0.1, 0.15) is 10.6 Å². The van der Waals surface area contributed by atoms with E-state index in [2.05, 4.69) is 20.2 Å². The van der Waals surface area contributed by atoms with Crippen molar-refractivity contribution in [3.63, 3.8) is 0 Å². The smallest absolute Gasteiger partial charge is 0.265 e. The molecule has 1 aromatic heterocycles. The third-order valence-electron chi connectivity index (χ3n) is 4.14. The normalized spacial score (nSPS) is 14.2. The molecule has 0 amide bonds. The van der Waals surface area contributed by atoms with E-state index in [4.69, 9.17) is 4.74 Å². The van der Waals surface area contributed by atoms with Crippen LogP contribution in [0.5, 0.6) is 5.75 Å². The number of hydrogen-bond donors (Lipinski definition) is 1. The van der Waals surface area contributed by atoms with Crippen LogP contribution in [0, 0.1) is 0 Å². The number of anilines is 1. The molecule has 26 heavy (non-hydrogen) atoms. The molecule has 0 bridgehead atoms. The van der Waals surface area contributed by atoms with E-state index in [1.54, 1.807) is 42.5 Å². The molecule has 0 saturated heterocycles. The summed E-state index contributed by atoms with van der Waals surface area (Å²) in [7, 11) is -2.32. The first-order chi connectivity index (χ1) is 12.6. The highest BCUT2D eigenvalue weighted by atomic mass is 32.2. The summed E-state index contributed by atoms with van der Waals surface area (Å²) in [5.74, 6) is 0.979. The van der Waals surface area contributed by atoms with Gasteiger partial charge in [-0.3, -0.25) is 4.72 Å². The van der Waals surface area contributed by atoms with Crippen molar-refractivity contribution in [2.45, 2.75) is 23.8 Å². The first-order valence-corrected chi connectivity index (χ1v) is 9.61. The molecule has 0 radical (unpaired) electrons. The van der Waals surface area contributed by atoms with Crippen molar-refractivity contribution < 1.29 is 13.2 Å². The summed E-state index contributed by atoms with van der Waals surface area (Å²) < 4.78 is 34.8. The van der Waals surface area contributed by atoms with Crippen LogP contribution in [-0.4, -0.2) is 35.7 Å². The quantitative estimate of drug-likeness (QED) is 0.715. The van der Waals surface area contributed by atoms with Crippen molar-refractivity contribution in [2.24, 2.45) is 0 Å². The van der Waals surface area contributed by atoms with Gasteiger partial charge in [-0.1, -0.05) is 12.1 Å². The molecule has 0 aliphatic heterocycles. The molecule has 1 saturated carbocycles. The van der Waals surface area contributed by atoms with Gasteiger partial charge in [0.25, 0.3) is 10.0 Å². The Morgan fingerprint density at radius 1 is 1.12 bits per heavy atom. The average molecular weight is 371 g/mol. The van der Waals surface area contributed by atoms with Crippen LogP contribution in [0.1, 0.15) is 18.9 Å². The molecule has 1 heterocycles. The Kier molecular flexibility index (Phi) is 4.08. The number of benzene rings is 2. The van der Waals surface area contributed by atoms with E-state index in [1.807, 2.05) is 4.68 Å². The molecule has 1 N–H and O–H groups in total. The van der Waals surface area contributed by atoms with Gasteiger partial charge in [-0.2, -0.15) is 0 Å². The molecule has 0 unspecified atom stereocenters. The molecule has 3 aromatic rings. The fourth-order valence-corrected chi connectivity index (χ4v) is 3.92. The molecule has 1 aliphatic carbocycles. The lowest BCUT2D eigenvalue weighted by molar-refractivity contribution is 0.403. The predicted molar refractivity (Wildman–Crippen MR) is 95.3 cm³/mol. The van der Waals surface area contributed by atoms with Crippen LogP contribution >= 0.6 is 0 Å². The van der Waals surface area contributed by atoms with Crippen LogP contribution in [0.25, 0.3) is 11.4 Å². The lowest BCUT2D eigenvalue weighted by Gasteiger charge is -2.11. The Morgan fingerprint density at radius 3 is 2.54 bits per heavy atom. The molecular weight excluding hydrogens is 354 g/mol. The summed E-state index contributed by atoms with van der Waals surface area (Å²) in [5, 5.41) is 11.8. The van der Waals surface area contributed by atoms with E-state index in [9.17, 15) is 8.42 Å². The first-order valence-electron chi connectivity index (χ1n) is 8.12. The molecule has 1 fully saturated rings. The van der Waals surface area contributed by atoms with Crippen LogP contribution < -0.4 is 9.46 Å². The Morgan fingerprint density at radius 2 is 1.85 bits per heavy atom. The second-order valence-electron chi connectivity index (χ2n) is 6.01. The van der Waals surface area contributed by atoms with Crippen molar-refractivity contribution in [3.05, 3.63) is 48.5 Å². The Bertz CT molecular complexity index is 1030. The molecular formula is C17H17N5O3S. The summed E-state index contributed by atoms with van der Waals surface area (Å²) >= 11 is 0. The largest absolute Gasteiger partial charge is 0.495 e. The molecule has 134 valence electrons. The molecule has 0 atom stereocenters. The Labute approximate surface area is 150 Å². The number of ether oxygens (including phenoxy) is 1. The SMILES string of the molecule is COc1ccccc1S(=O)(=O)Nc1ccc(-c2nnnn2C2CC2)cc1. The molecule has 9 heteroatoms. The second kappa shape index (κ2) is 6.41. The van der Waals surface area contributed by atoms with Gasteiger partial charge in [0.05, 0.1) is 13.2 Å². The third-order valence-corrected chi connectivity index (χ3v) is 5.56. The zero-order chi connectivity index (χ0) is 18.1. The van der Waals surface area contributed by atoms with E-state index in [0.29, 0.717) is 23.3 Å². The van der Waals surface area contributed by atoms with Gasteiger partial charge in [0.15, 0.2) is 5.82 Å². The monoisotopic (exact) mass is 371 g/mol. The Balaban J connectivity index is 1.58. The van der Waals surface area contributed by atoms with Gasteiger partial charge >= 0.3 is 0 Å². The molecule has 8 nitrogen and oxygen atoms in total. The number of tetrazole rings is 1.